The molecular formula is C21H24F3N7O2S. The number of anilines is 2. The molecule has 0 radical (unpaired) electrons. The van der Waals surface area contributed by atoms with Gasteiger partial charge in [0.25, 0.3) is 0 Å². The summed E-state index contributed by atoms with van der Waals surface area (Å²) in [6, 6.07) is 3.37. The average molecular weight is 496 g/mol. The SMILES string of the molecule is CC.CC.COc1cncc(N(Cc2ccc(-c3noc(C(F)(F)F)n3)s2)c2cnccn2)n1. The van der Waals surface area contributed by atoms with Gasteiger partial charge in [-0.1, -0.05) is 32.9 Å². The van der Waals surface area contributed by atoms with Crippen LogP contribution in [0.25, 0.3) is 10.7 Å². The number of hydrogen-bond donors (Lipinski definition) is 0. The third-order valence-corrected chi connectivity index (χ3v) is 4.84. The Morgan fingerprint density at radius 2 is 1.71 bits per heavy atom. The second-order valence-corrected chi connectivity index (χ2v) is 6.92. The summed E-state index contributed by atoms with van der Waals surface area (Å²) in [6.07, 6.45) is 2.95. The second kappa shape index (κ2) is 12.6. The Bertz CT molecular complexity index is 1140. The maximum absolute atomic E-state index is 12.7. The molecule has 0 fully saturated rings. The Hall–Kier alpha value is -3.61. The van der Waals surface area contributed by atoms with E-state index in [2.05, 4.69) is 34.6 Å². The molecule has 4 rings (SSSR count). The van der Waals surface area contributed by atoms with Crippen LogP contribution < -0.4 is 9.64 Å². The summed E-state index contributed by atoms with van der Waals surface area (Å²) < 4.78 is 47.5. The summed E-state index contributed by atoms with van der Waals surface area (Å²) in [7, 11) is 1.48. The lowest BCUT2D eigenvalue weighted by Gasteiger charge is -2.21. The highest BCUT2D eigenvalue weighted by atomic mass is 32.1. The van der Waals surface area contributed by atoms with Gasteiger partial charge in [0.2, 0.25) is 11.7 Å². The van der Waals surface area contributed by atoms with Gasteiger partial charge in [0.05, 0.1) is 37.1 Å². The zero-order chi connectivity index (χ0) is 25.1. The highest BCUT2D eigenvalue weighted by Gasteiger charge is 2.38. The van der Waals surface area contributed by atoms with E-state index in [9.17, 15) is 13.2 Å². The van der Waals surface area contributed by atoms with Gasteiger partial charge < -0.3 is 14.2 Å². The van der Waals surface area contributed by atoms with Crippen molar-refractivity contribution in [3.8, 4) is 16.6 Å². The van der Waals surface area contributed by atoms with Crippen LogP contribution >= 0.6 is 11.3 Å². The zero-order valence-electron chi connectivity index (χ0n) is 19.2. The van der Waals surface area contributed by atoms with Gasteiger partial charge in [0.15, 0.2) is 11.6 Å². The molecular weight excluding hydrogens is 471 g/mol. The Morgan fingerprint density at radius 3 is 2.32 bits per heavy atom. The lowest BCUT2D eigenvalue weighted by Crippen LogP contribution is -2.18. The van der Waals surface area contributed by atoms with E-state index in [1.54, 1.807) is 29.4 Å². The molecule has 0 amide bonds. The summed E-state index contributed by atoms with van der Waals surface area (Å²) in [5, 5.41) is 3.41. The van der Waals surface area contributed by atoms with E-state index in [1.165, 1.54) is 37.0 Å². The lowest BCUT2D eigenvalue weighted by molar-refractivity contribution is -0.159. The minimum atomic E-state index is -4.70. The maximum Gasteiger partial charge on any atom is 0.471 e. The first-order valence-electron chi connectivity index (χ1n) is 10.3. The molecule has 0 bridgehead atoms. The van der Waals surface area contributed by atoms with Crippen molar-refractivity contribution in [2.24, 2.45) is 0 Å². The fourth-order valence-corrected chi connectivity index (χ4v) is 3.38. The summed E-state index contributed by atoms with van der Waals surface area (Å²) in [6.45, 7) is 8.30. The van der Waals surface area contributed by atoms with Crippen LogP contribution in [0, 0.1) is 0 Å². The van der Waals surface area contributed by atoms with E-state index in [-0.39, 0.29) is 5.82 Å². The molecule has 0 unspecified atom stereocenters. The summed E-state index contributed by atoms with van der Waals surface area (Å²) >= 11 is 1.22. The Balaban J connectivity index is 0.000000970. The monoisotopic (exact) mass is 495 g/mol. The predicted molar refractivity (Wildman–Crippen MR) is 122 cm³/mol. The van der Waals surface area contributed by atoms with E-state index in [0.717, 1.165) is 4.88 Å². The van der Waals surface area contributed by atoms with Gasteiger partial charge in [0, 0.05) is 17.3 Å². The van der Waals surface area contributed by atoms with Crippen molar-refractivity contribution in [3.05, 3.63) is 53.9 Å². The second-order valence-electron chi connectivity index (χ2n) is 5.76. The van der Waals surface area contributed by atoms with Gasteiger partial charge in [-0.3, -0.25) is 9.97 Å². The van der Waals surface area contributed by atoms with Crippen molar-refractivity contribution in [2.45, 2.75) is 40.4 Å². The van der Waals surface area contributed by atoms with Crippen LogP contribution in [-0.2, 0) is 12.7 Å². The molecule has 4 heterocycles. The predicted octanol–water partition coefficient (Wildman–Crippen LogP) is 5.80. The molecule has 13 heteroatoms. The zero-order valence-corrected chi connectivity index (χ0v) is 20.1. The molecule has 4 aromatic heterocycles. The number of halogens is 3. The number of ether oxygens (including phenoxy) is 1. The van der Waals surface area contributed by atoms with Crippen LogP contribution in [-0.4, -0.2) is 37.2 Å². The van der Waals surface area contributed by atoms with E-state index in [0.29, 0.717) is 28.9 Å². The number of rotatable bonds is 6. The van der Waals surface area contributed by atoms with Crippen molar-refractivity contribution in [3.63, 3.8) is 0 Å². The number of methoxy groups -OCH3 is 1. The topological polar surface area (TPSA) is 103 Å². The molecule has 0 aliphatic rings. The van der Waals surface area contributed by atoms with Crippen molar-refractivity contribution < 1.29 is 22.4 Å². The van der Waals surface area contributed by atoms with Crippen LogP contribution in [0.4, 0.5) is 24.8 Å². The molecule has 182 valence electrons. The van der Waals surface area contributed by atoms with Gasteiger partial charge in [-0.2, -0.15) is 23.1 Å². The van der Waals surface area contributed by atoms with Gasteiger partial charge in [0.1, 0.15) is 0 Å². The van der Waals surface area contributed by atoms with E-state index in [1.807, 2.05) is 27.7 Å². The van der Waals surface area contributed by atoms with Gasteiger partial charge >= 0.3 is 12.1 Å². The standard InChI is InChI=1S/C17H12F3N7O2S.2C2H6/c1-28-14-8-22-7-13(24-14)27(12-6-21-4-5-23-12)9-10-2-3-11(30-10)15-25-16(29-26-15)17(18,19)20;2*1-2/h2-8H,9H2,1H3;2*1-2H3. The van der Waals surface area contributed by atoms with E-state index >= 15 is 0 Å². The van der Waals surface area contributed by atoms with Crippen LogP contribution in [0.5, 0.6) is 5.88 Å². The smallest absolute Gasteiger partial charge is 0.471 e. The third kappa shape index (κ3) is 6.70. The van der Waals surface area contributed by atoms with Crippen molar-refractivity contribution in [2.75, 3.05) is 12.0 Å². The number of aromatic nitrogens is 6. The highest BCUT2D eigenvalue weighted by molar-refractivity contribution is 7.15. The van der Waals surface area contributed by atoms with Gasteiger partial charge in [-0.15, -0.1) is 11.3 Å². The average Bonchev–Trinajstić information content (AvgIpc) is 3.55. The minimum absolute atomic E-state index is 0.134. The Morgan fingerprint density at radius 1 is 0.971 bits per heavy atom. The maximum atomic E-state index is 12.7. The number of nitrogens with zero attached hydrogens (tertiary/aromatic N) is 7. The number of alkyl halides is 3. The largest absolute Gasteiger partial charge is 0.480 e. The first kappa shape index (κ1) is 26.6. The Labute approximate surface area is 198 Å². The molecule has 0 atom stereocenters. The number of hydrogen-bond acceptors (Lipinski definition) is 10. The van der Waals surface area contributed by atoms with Crippen LogP contribution in [0.3, 0.4) is 0 Å². The van der Waals surface area contributed by atoms with Crippen LogP contribution in [0.15, 0.2) is 47.6 Å². The molecule has 0 spiro atoms. The lowest BCUT2D eigenvalue weighted by atomic mass is 10.3. The van der Waals surface area contributed by atoms with Crippen molar-refractivity contribution in [1.82, 2.24) is 30.1 Å². The summed E-state index contributed by atoms with van der Waals surface area (Å²) in [5.74, 6) is -0.233. The fraction of sp³-hybridized carbons (Fsp3) is 0.333. The van der Waals surface area contributed by atoms with Gasteiger partial charge in [-0.05, 0) is 12.1 Å². The van der Waals surface area contributed by atoms with Crippen LogP contribution in [0.1, 0.15) is 38.5 Å². The van der Waals surface area contributed by atoms with Crippen molar-refractivity contribution >= 4 is 23.0 Å². The van der Waals surface area contributed by atoms with Crippen LogP contribution in [0.2, 0.25) is 0 Å². The van der Waals surface area contributed by atoms with Gasteiger partial charge in [-0.25, -0.2) is 4.98 Å². The molecule has 9 nitrogen and oxygen atoms in total. The molecule has 0 aliphatic heterocycles. The quantitative estimate of drug-likeness (QED) is 0.328. The van der Waals surface area contributed by atoms with Crippen molar-refractivity contribution in [1.29, 1.82) is 0 Å². The summed E-state index contributed by atoms with van der Waals surface area (Å²) in [4.78, 5) is 23.2. The molecule has 0 aliphatic carbocycles. The molecule has 0 aromatic carbocycles. The molecule has 4 aromatic rings. The highest BCUT2D eigenvalue weighted by Crippen LogP contribution is 2.33. The summed E-state index contributed by atoms with van der Waals surface area (Å²) in [5.41, 5.74) is 0. The molecule has 0 saturated heterocycles. The Kier molecular flexibility index (Phi) is 9.86. The molecule has 34 heavy (non-hydrogen) atoms. The normalized spacial score (nSPS) is 10.5. The third-order valence-electron chi connectivity index (χ3n) is 3.78. The first-order valence-corrected chi connectivity index (χ1v) is 11.2. The molecule has 0 N–H and O–H groups in total. The molecule has 0 saturated carbocycles. The van der Waals surface area contributed by atoms with E-state index in [4.69, 9.17) is 4.74 Å². The minimum Gasteiger partial charge on any atom is -0.480 e. The number of thiophene rings is 1. The van der Waals surface area contributed by atoms with E-state index < -0.39 is 12.1 Å². The first-order chi connectivity index (χ1) is 16.4. The fourth-order valence-electron chi connectivity index (χ4n) is 2.45.